The fourth-order valence-corrected chi connectivity index (χ4v) is 1.82. The number of aryl methyl sites for hydroxylation is 2. The molecule has 0 saturated carbocycles. The van der Waals surface area contributed by atoms with Crippen LogP contribution in [-0.2, 0) is 16.6 Å². The van der Waals surface area contributed by atoms with Crippen molar-refractivity contribution in [3.63, 3.8) is 0 Å². The lowest BCUT2D eigenvalue weighted by molar-refractivity contribution is -0.125. The van der Waals surface area contributed by atoms with Gasteiger partial charge in [0.05, 0.1) is 5.69 Å². The number of carbonyl (C=O) groups is 2. The summed E-state index contributed by atoms with van der Waals surface area (Å²) in [5, 5.41) is 6.99. The van der Waals surface area contributed by atoms with Crippen molar-refractivity contribution in [1.29, 1.82) is 0 Å². The fourth-order valence-electron chi connectivity index (χ4n) is 1.57. The van der Waals surface area contributed by atoms with E-state index in [1.807, 2.05) is 20.8 Å². The van der Waals surface area contributed by atoms with Gasteiger partial charge in [-0.05, 0) is 27.2 Å². The zero-order chi connectivity index (χ0) is 15.5. The molecule has 6 nitrogen and oxygen atoms in total. The third-order valence-electron chi connectivity index (χ3n) is 3.05. The van der Waals surface area contributed by atoms with Gasteiger partial charge in [-0.1, -0.05) is 18.5 Å². The van der Waals surface area contributed by atoms with Crippen molar-refractivity contribution in [2.45, 2.75) is 39.7 Å². The van der Waals surface area contributed by atoms with Crippen molar-refractivity contribution >= 4 is 23.5 Å². The Bertz CT molecular complexity index is 523. The molecule has 0 unspecified atom stereocenters. The first-order chi connectivity index (χ1) is 9.18. The van der Waals surface area contributed by atoms with Crippen LogP contribution >= 0.6 is 11.6 Å². The first kappa shape index (κ1) is 16.5. The largest absolute Gasteiger partial charge is 0.452 e. The minimum absolute atomic E-state index is 0.191. The molecule has 0 spiro atoms. The summed E-state index contributed by atoms with van der Waals surface area (Å²) in [6, 6.07) is 0. The van der Waals surface area contributed by atoms with Gasteiger partial charge >= 0.3 is 5.97 Å². The second-order valence-corrected chi connectivity index (χ2v) is 5.59. The molecular formula is C13H20ClN3O3. The van der Waals surface area contributed by atoms with Gasteiger partial charge in [0.2, 0.25) is 0 Å². The molecule has 20 heavy (non-hydrogen) atoms. The van der Waals surface area contributed by atoms with Crippen molar-refractivity contribution in [3.8, 4) is 0 Å². The molecule has 1 aromatic heterocycles. The van der Waals surface area contributed by atoms with Crippen molar-refractivity contribution in [3.05, 3.63) is 16.4 Å². The molecule has 0 fully saturated rings. The van der Waals surface area contributed by atoms with E-state index < -0.39 is 5.97 Å². The van der Waals surface area contributed by atoms with E-state index in [0.717, 1.165) is 6.42 Å². The van der Waals surface area contributed by atoms with Gasteiger partial charge in [-0.3, -0.25) is 9.48 Å². The molecule has 0 aliphatic rings. The van der Waals surface area contributed by atoms with Gasteiger partial charge in [0.1, 0.15) is 10.7 Å². The van der Waals surface area contributed by atoms with E-state index in [0.29, 0.717) is 5.69 Å². The van der Waals surface area contributed by atoms with Crippen LogP contribution in [0.3, 0.4) is 0 Å². The van der Waals surface area contributed by atoms with Gasteiger partial charge in [0, 0.05) is 12.6 Å². The molecule has 0 aliphatic carbocycles. The van der Waals surface area contributed by atoms with Gasteiger partial charge < -0.3 is 10.1 Å². The summed E-state index contributed by atoms with van der Waals surface area (Å²) in [5.41, 5.74) is 0.333. The highest BCUT2D eigenvalue weighted by atomic mass is 35.5. The molecule has 7 heteroatoms. The number of nitrogens with zero attached hydrogens (tertiary/aromatic N) is 2. The van der Waals surface area contributed by atoms with Crippen LogP contribution in [0.25, 0.3) is 0 Å². The monoisotopic (exact) mass is 301 g/mol. The van der Waals surface area contributed by atoms with Crippen LogP contribution in [0.4, 0.5) is 0 Å². The Morgan fingerprint density at radius 1 is 1.45 bits per heavy atom. The van der Waals surface area contributed by atoms with E-state index in [2.05, 4.69) is 10.4 Å². The number of amides is 1. The van der Waals surface area contributed by atoms with Crippen molar-refractivity contribution in [2.75, 3.05) is 6.61 Å². The van der Waals surface area contributed by atoms with Gasteiger partial charge in [0.25, 0.3) is 5.91 Å². The van der Waals surface area contributed by atoms with Crippen LogP contribution in [0.15, 0.2) is 0 Å². The van der Waals surface area contributed by atoms with Gasteiger partial charge in [-0.15, -0.1) is 0 Å². The smallest absolute Gasteiger partial charge is 0.343 e. The molecule has 1 rings (SSSR count). The molecule has 1 heterocycles. The van der Waals surface area contributed by atoms with Crippen LogP contribution < -0.4 is 5.32 Å². The van der Waals surface area contributed by atoms with E-state index in [4.69, 9.17) is 16.3 Å². The molecule has 1 amide bonds. The van der Waals surface area contributed by atoms with Crippen molar-refractivity contribution in [1.82, 2.24) is 15.1 Å². The van der Waals surface area contributed by atoms with E-state index in [1.165, 1.54) is 4.68 Å². The van der Waals surface area contributed by atoms with Crippen LogP contribution in [0.2, 0.25) is 5.15 Å². The standard InChI is InChI=1S/C13H20ClN3O3/c1-6-13(3,4)15-9(18)7-20-12(19)10-8(2)16-17(5)11(10)14/h6-7H2,1-5H3,(H,15,18). The quantitative estimate of drug-likeness (QED) is 0.842. The van der Waals surface area contributed by atoms with Crippen LogP contribution in [-0.4, -0.2) is 33.8 Å². The predicted molar refractivity (Wildman–Crippen MR) is 75.8 cm³/mol. The molecule has 0 radical (unpaired) electrons. The number of aromatic nitrogens is 2. The third-order valence-corrected chi connectivity index (χ3v) is 3.49. The summed E-state index contributed by atoms with van der Waals surface area (Å²) >= 11 is 5.95. The highest BCUT2D eigenvalue weighted by Gasteiger charge is 2.23. The number of hydrogen-bond donors (Lipinski definition) is 1. The molecular weight excluding hydrogens is 282 g/mol. The average Bonchev–Trinajstić information content (AvgIpc) is 2.60. The fraction of sp³-hybridized carbons (Fsp3) is 0.615. The summed E-state index contributed by atoms with van der Waals surface area (Å²) in [5.74, 6) is -0.993. The molecule has 0 atom stereocenters. The second kappa shape index (κ2) is 6.26. The number of nitrogens with one attached hydrogen (secondary N) is 1. The number of ether oxygens (including phenoxy) is 1. The second-order valence-electron chi connectivity index (χ2n) is 5.24. The first-order valence-corrected chi connectivity index (χ1v) is 6.73. The lowest BCUT2D eigenvalue weighted by Gasteiger charge is -2.24. The Hall–Kier alpha value is -1.56. The molecule has 0 aromatic carbocycles. The Morgan fingerprint density at radius 2 is 2.05 bits per heavy atom. The number of rotatable bonds is 5. The molecule has 1 aromatic rings. The van der Waals surface area contributed by atoms with Gasteiger partial charge in [0.15, 0.2) is 6.61 Å². The Labute approximate surface area is 123 Å². The lowest BCUT2D eigenvalue weighted by Crippen LogP contribution is -2.44. The normalized spacial score (nSPS) is 11.3. The highest BCUT2D eigenvalue weighted by molar-refractivity contribution is 6.32. The SMILES string of the molecule is CCC(C)(C)NC(=O)COC(=O)c1c(C)nn(C)c1Cl. The lowest BCUT2D eigenvalue weighted by atomic mass is 10.0. The minimum Gasteiger partial charge on any atom is -0.452 e. The number of carbonyl (C=O) groups excluding carboxylic acids is 2. The van der Waals surface area contributed by atoms with Gasteiger partial charge in [-0.2, -0.15) is 5.10 Å². The number of hydrogen-bond acceptors (Lipinski definition) is 4. The topological polar surface area (TPSA) is 73.2 Å². The number of halogens is 1. The Kier molecular flexibility index (Phi) is 5.16. The van der Waals surface area contributed by atoms with Crippen molar-refractivity contribution in [2.24, 2.45) is 7.05 Å². The third kappa shape index (κ3) is 3.96. The molecule has 0 saturated heterocycles. The van der Waals surface area contributed by atoms with E-state index in [-0.39, 0.29) is 28.8 Å². The number of esters is 1. The maximum Gasteiger partial charge on any atom is 0.343 e. The summed E-state index contributed by atoms with van der Waals surface area (Å²) in [4.78, 5) is 23.6. The maximum absolute atomic E-state index is 11.9. The summed E-state index contributed by atoms with van der Waals surface area (Å²) in [6.07, 6.45) is 0.778. The van der Waals surface area contributed by atoms with E-state index >= 15 is 0 Å². The Morgan fingerprint density at radius 3 is 2.50 bits per heavy atom. The zero-order valence-corrected chi connectivity index (χ0v) is 13.2. The maximum atomic E-state index is 11.9. The molecule has 112 valence electrons. The molecule has 0 bridgehead atoms. The van der Waals surface area contributed by atoms with Crippen LogP contribution in [0.5, 0.6) is 0 Å². The van der Waals surface area contributed by atoms with E-state index in [1.54, 1.807) is 14.0 Å². The summed E-state index contributed by atoms with van der Waals surface area (Å²) in [7, 11) is 1.63. The Balaban J connectivity index is 2.62. The van der Waals surface area contributed by atoms with Crippen molar-refractivity contribution < 1.29 is 14.3 Å². The van der Waals surface area contributed by atoms with Gasteiger partial charge in [-0.25, -0.2) is 4.79 Å². The first-order valence-electron chi connectivity index (χ1n) is 6.35. The van der Waals surface area contributed by atoms with Crippen LogP contribution in [0.1, 0.15) is 43.2 Å². The average molecular weight is 302 g/mol. The summed E-state index contributed by atoms with van der Waals surface area (Å²) < 4.78 is 6.35. The van der Waals surface area contributed by atoms with Crippen LogP contribution in [0, 0.1) is 6.92 Å². The highest BCUT2D eigenvalue weighted by Crippen LogP contribution is 2.19. The molecule has 0 aliphatic heterocycles. The predicted octanol–water partition coefficient (Wildman–Crippen LogP) is 1.84. The minimum atomic E-state index is -0.648. The zero-order valence-electron chi connectivity index (χ0n) is 12.4. The van der Waals surface area contributed by atoms with E-state index in [9.17, 15) is 9.59 Å². The molecule has 1 N–H and O–H groups in total. The summed E-state index contributed by atoms with van der Waals surface area (Å²) in [6.45, 7) is 7.07.